The smallest absolute Gasteiger partial charge is 0.243 e. The van der Waals surface area contributed by atoms with Crippen molar-refractivity contribution in [3.8, 4) is 0 Å². The zero-order chi connectivity index (χ0) is 55.6. The molecule has 1 fully saturated rings. The number of nitrogens with zero attached hydrogens (tertiary/aromatic N) is 2. The van der Waals surface area contributed by atoms with Crippen LogP contribution >= 0.6 is 0 Å². The number of guanidine groups is 2. The Balaban J connectivity index is 1.76. The molecule has 0 aliphatic carbocycles. The first-order valence-electron chi connectivity index (χ1n) is 25.7. The predicted molar refractivity (Wildman–Crippen MR) is 286 cm³/mol. The molecular weight excluding hydrogens is 981 g/mol. The maximum atomic E-state index is 14.7. The third kappa shape index (κ3) is 20.9. The molecule has 1 saturated heterocycles. The second-order valence-corrected chi connectivity index (χ2v) is 18.7. The topological polar surface area (TPSA) is 420 Å². The van der Waals surface area contributed by atoms with Crippen molar-refractivity contribution in [1.29, 1.82) is 0 Å². The number of carbonyl (C=O) groups excluding carboxylic acids is 9. The Morgan fingerprint density at radius 3 is 1.89 bits per heavy atom. The molecule has 414 valence electrons. The first kappa shape index (κ1) is 60.3. The van der Waals surface area contributed by atoms with Gasteiger partial charge in [0.25, 0.3) is 0 Å². The van der Waals surface area contributed by atoms with Gasteiger partial charge in [0.2, 0.25) is 53.2 Å². The lowest BCUT2D eigenvalue weighted by Crippen LogP contribution is -2.60. The fourth-order valence-electron chi connectivity index (χ4n) is 8.52. The number of hydrogen-bond acceptors (Lipinski definition) is 11. The molecule has 25 nitrogen and oxygen atoms in total. The molecule has 2 heterocycles. The van der Waals surface area contributed by atoms with E-state index in [1.165, 1.54) is 6.92 Å². The number of primary amides is 1. The summed E-state index contributed by atoms with van der Waals surface area (Å²) in [6.45, 7) is 3.40. The van der Waals surface area contributed by atoms with Crippen molar-refractivity contribution in [3.05, 3.63) is 71.9 Å². The fourth-order valence-corrected chi connectivity index (χ4v) is 8.52. The van der Waals surface area contributed by atoms with E-state index >= 15 is 0 Å². The Bertz CT molecular complexity index is 2510. The molecule has 1 aliphatic rings. The molecule has 1 aliphatic heterocycles. The highest BCUT2D eigenvalue weighted by Crippen LogP contribution is 2.20. The Labute approximate surface area is 441 Å². The number of H-pyrrole nitrogens is 1. The average Bonchev–Trinajstić information content (AvgIpc) is 3.78. The lowest BCUT2D eigenvalue weighted by molar-refractivity contribution is -0.136. The van der Waals surface area contributed by atoms with Crippen LogP contribution in [0.4, 0.5) is 0 Å². The van der Waals surface area contributed by atoms with Crippen LogP contribution in [-0.4, -0.2) is 132 Å². The largest absolute Gasteiger partial charge is 0.370 e. The molecule has 9 amide bonds. The zero-order valence-corrected chi connectivity index (χ0v) is 43.3. The van der Waals surface area contributed by atoms with Gasteiger partial charge in [-0.25, -0.2) is 0 Å². The monoisotopic (exact) mass is 1060 g/mol. The number of benzene rings is 2. The van der Waals surface area contributed by atoms with E-state index in [2.05, 4.69) is 57.5 Å². The highest BCUT2D eigenvalue weighted by atomic mass is 16.2. The Kier molecular flexibility index (Phi) is 25.0. The van der Waals surface area contributed by atoms with Crippen LogP contribution in [0.5, 0.6) is 0 Å². The maximum Gasteiger partial charge on any atom is 0.243 e. The SMILES string of the molecule is CCCC[C@H]1NC(=O)[C@@H](NC(=O)[C@H](CCCN=C(N)N)NC(C)=O)CC(=O)NCCCCC[C@@H](C(N)=O)NC(=O)[C@H](Cc2c[nH]c3ccccc23)NC(=O)[C@H](CCCN=C(N)N)NC(=O)[C@@H](Cc2ccccc2)NC1=O. The van der Waals surface area contributed by atoms with Gasteiger partial charge in [0.05, 0.1) is 6.42 Å². The van der Waals surface area contributed by atoms with Crippen LogP contribution < -0.4 is 71.2 Å². The molecule has 0 radical (unpaired) electrons. The minimum absolute atomic E-state index is 0.0410. The second kappa shape index (κ2) is 31.5. The molecule has 3 aromatic rings. The van der Waals surface area contributed by atoms with Crippen LogP contribution in [0.2, 0.25) is 0 Å². The summed E-state index contributed by atoms with van der Waals surface area (Å²) in [4.78, 5) is 136. The van der Waals surface area contributed by atoms with Gasteiger partial charge in [-0.1, -0.05) is 81.1 Å². The number of nitrogens with two attached hydrogens (primary N) is 5. The van der Waals surface area contributed by atoms with E-state index in [0.717, 1.165) is 10.9 Å². The maximum absolute atomic E-state index is 14.7. The van der Waals surface area contributed by atoms with Gasteiger partial charge in [-0.15, -0.1) is 0 Å². The third-order valence-corrected chi connectivity index (χ3v) is 12.5. The first-order chi connectivity index (χ1) is 36.3. The van der Waals surface area contributed by atoms with Gasteiger partial charge >= 0.3 is 0 Å². The number of unbranched alkanes of at least 4 members (excludes halogenated alkanes) is 1. The van der Waals surface area contributed by atoms with Crippen LogP contribution in [0, 0.1) is 0 Å². The highest BCUT2D eigenvalue weighted by Gasteiger charge is 2.35. The van der Waals surface area contributed by atoms with Crippen LogP contribution in [0.15, 0.2) is 70.8 Å². The number of hydrogen-bond donors (Lipinski definition) is 14. The number of rotatable bonds is 19. The number of para-hydroxylation sites is 1. The molecular formula is C51H76N16O9. The third-order valence-electron chi connectivity index (χ3n) is 12.5. The average molecular weight is 1060 g/mol. The number of aromatic amines is 1. The molecule has 0 bridgehead atoms. The van der Waals surface area contributed by atoms with E-state index in [0.29, 0.717) is 43.2 Å². The standard InChI is InChI=1S/C51H76N16O9/c1-3-4-18-37-45(72)65-39(26-31-15-7-5-8-16-31)47(74)64-38(22-14-25-59-51(55)56)46(73)66-40(27-32-29-60-34-19-11-10-17-33(32)34)48(75)62-35(43(52)70)20-9-6-12-23-57-42(69)28-41(49(76)63-37)67-44(71)36(61-30(2)68)21-13-24-58-50(53)54/h5,7-8,10-11,15-17,19,29,35-41,60H,3-4,6,9,12-14,18,20-28H2,1-2H3,(H2,52,70)(H,57,69)(H,61,68)(H,62,75)(H,63,76)(H,64,74)(H,65,72)(H,66,73)(H,67,71)(H4,53,54,58)(H4,55,56,59)/t35-,36-,37+,38-,39+,40-,41-/m0/s1. The van der Waals surface area contributed by atoms with Crippen molar-refractivity contribution in [2.24, 2.45) is 38.7 Å². The summed E-state index contributed by atoms with van der Waals surface area (Å²) in [5.74, 6) is -7.15. The molecule has 19 N–H and O–H groups in total. The van der Waals surface area contributed by atoms with Gasteiger partial charge in [0, 0.05) is 56.5 Å². The second-order valence-electron chi connectivity index (χ2n) is 18.7. The van der Waals surface area contributed by atoms with Crippen molar-refractivity contribution in [2.45, 2.75) is 146 Å². The van der Waals surface area contributed by atoms with E-state index in [1.807, 2.05) is 31.2 Å². The lowest BCUT2D eigenvalue weighted by Gasteiger charge is -2.28. The van der Waals surface area contributed by atoms with Gasteiger partial charge in [-0.3, -0.25) is 53.1 Å². The van der Waals surface area contributed by atoms with Gasteiger partial charge in [-0.2, -0.15) is 0 Å². The Morgan fingerprint density at radius 2 is 1.25 bits per heavy atom. The van der Waals surface area contributed by atoms with E-state index in [9.17, 15) is 43.2 Å². The molecule has 4 rings (SSSR count). The van der Waals surface area contributed by atoms with E-state index < -0.39 is 102 Å². The van der Waals surface area contributed by atoms with Crippen LogP contribution in [-0.2, 0) is 56.0 Å². The summed E-state index contributed by atoms with van der Waals surface area (Å²) in [5, 5.41) is 22.4. The molecule has 0 saturated carbocycles. The summed E-state index contributed by atoms with van der Waals surface area (Å²) >= 11 is 0. The van der Waals surface area contributed by atoms with Gasteiger partial charge in [0.1, 0.15) is 42.3 Å². The summed E-state index contributed by atoms with van der Waals surface area (Å²) in [5.41, 5.74) is 29.9. The van der Waals surface area contributed by atoms with E-state index in [4.69, 9.17) is 28.7 Å². The van der Waals surface area contributed by atoms with Crippen LogP contribution in [0.1, 0.15) is 102 Å². The minimum Gasteiger partial charge on any atom is -0.370 e. The molecule has 1 aromatic heterocycles. The number of aromatic nitrogens is 1. The molecule has 0 spiro atoms. The number of amides is 9. The van der Waals surface area contributed by atoms with Crippen LogP contribution in [0.25, 0.3) is 10.9 Å². The number of aliphatic imine (C=N–C) groups is 2. The van der Waals surface area contributed by atoms with E-state index in [-0.39, 0.29) is 82.9 Å². The molecule has 2 aromatic carbocycles. The van der Waals surface area contributed by atoms with E-state index in [1.54, 1.807) is 36.5 Å². The molecule has 0 unspecified atom stereocenters. The fraction of sp³-hybridized carbons (Fsp3) is 0.510. The number of fused-ring (bicyclic) bond motifs is 1. The number of carbonyl (C=O) groups is 9. The zero-order valence-electron chi connectivity index (χ0n) is 43.3. The Morgan fingerprint density at radius 1 is 0.671 bits per heavy atom. The van der Waals surface area contributed by atoms with Gasteiger partial charge in [-0.05, 0) is 62.1 Å². The molecule has 7 atom stereocenters. The summed E-state index contributed by atoms with van der Waals surface area (Å²) in [6, 6.07) is 6.90. The highest BCUT2D eigenvalue weighted by molar-refractivity contribution is 5.99. The summed E-state index contributed by atoms with van der Waals surface area (Å²) < 4.78 is 0. The summed E-state index contributed by atoms with van der Waals surface area (Å²) in [7, 11) is 0. The normalized spacial score (nSPS) is 21.1. The molecule has 25 heteroatoms. The van der Waals surface area contributed by atoms with Crippen molar-refractivity contribution in [2.75, 3.05) is 19.6 Å². The van der Waals surface area contributed by atoms with Crippen molar-refractivity contribution >= 4 is 76.0 Å². The quantitative estimate of drug-likeness (QED) is 0.0360. The number of nitrogens with one attached hydrogen (secondary N) is 9. The van der Waals surface area contributed by atoms with Gasteiger partial charge < -0.3 is 76.2 Å². The lowest BCUT2D eigenvalue weighted by atomic mass is 10.0. The minimum atomic E-state index is -1.56. The summed E-state index contributed by atoms with van der Waals surface area (Å²) in [6.07, 6.45) is 3.88. The first-order valence-corrected chi connectivity index (χ1v) is 25.7. The predicted octanol–water partition coefficient (Wildman–Crippen LogP) is -1.77. The molecule has 76 heavy (non-hydrogen) atoms. The van der Waals surface area contributed by atoms with Crippen LogP contribution in [0.3, 0.4) is 0 Å². The van der Waals surface area contributed by atoms with Gasteiger partial charge in [0.15, 0.2) is 11.9 Å². The van der Waals surface area contributed by atoms with Crippen molar-refractivity contribution in [1.82, 2.24) is 47.5 Å². The van der Waals surface area contributed by atoms with Crippen molar-refractivity contribution in [3.63, 3.8) is 0 Å². The Hall–Kier alpha value is -8.25. The van der Waals surface area contributed by atoms with Crippen molar-refractivity contribution < 1.29 is 43.2 Å².